The Hall–Kier alpha value is -3.04. The van der Waals surface area contributed by atoms with E-state index in [-0.39, 0.29) is 35.1 Å². The smallest absolute Gasteiger partial charge is 0.264 e. The molecule has 4 aliphatic rings. The maximum atomic E-state index is 13.5. The Balaban J connectivity index is 1.41. The lowest BCUT2D eigenvalue weighted by molar-refractivity contribution is -0.121. The number of anilines is 1. The second-order valence-electron chi connectivity index (χ2n) is 13.7. The third kappa shape index (κ3) is 6.48. The van der Waals surface area contributed by atoms with Gasteiger partial charge in [-0.1, -0.05) is 36.7 Å². The molecule has 8 nitrogen and oxygen atoms in total. The zero-order valence-corrected chi connectivity index (χ0v) is 27.9. The van der Waals surface area contributed by atoms with E-state index in [1.54, 1.807) is 26.1 Å². The molecule has 2 amide bonds. The van der Waals surface area contributed by atoms with Gasteiger partial charge in [-0.05, 0) is 111 Å². The Morgan fingerprint density at radius 3 is 2.73 bits per heavy atom. The van der Waals surface area contributed by atoms with Gasteiger partial charge in [-0.2, -0.15) is 0 Å². The first kappa shape index (κ1) is 31.9. The van der Waals surface area contributed by atoms with Crippen molar-refractivity contribution in [2.45, 2.75) is 69.5 Å². The Labute approximate surface area is 272 Å². The summed E-state index contributed by atoms with van der Waals surface area (Å²) in [4.78, 5) is 28.3. The van der Waals surface area contributed by atoms with E-state index in [1.165, 1.54) is 11.1 Å². The van der Waals surface area contributed by atoms with Crippen molar-refractivity contribution >= 4 is 39.1 Å². The molecule has 0 saturated heterocycles. The number of allylic oxidation sites excluding steroid dienone is 2. The van der Waals surface area contributed by atoms with Crippen LogP contribution in [-0.2, 0) is 26.7 Å². The maximum absolute atomic E-state index is 13.5. The number of sulfonamides is 1. The average Bonchev–Trinajstić information content (AvgIpc) is 3.14. The molecule has 2 aliphatic heterocycles. The van der Waals surface area contributed by atoms with Crippen LogP contribution in [0.1, 0.15) is 73.9 Å². The number of carbonyl (C=O) groups is 2. The topological polar surface area (TPSA) is 105 Å². The van der Waals surface area contributed by atoms with Gasteiger partial charge in [-0.25, -0.2) is 13.1 Å². The summed E-state index contributed by atoms with van der Waals surface area (Å²) >= 11 is 6.41. The van der Waals surface area contributed by atoms with Gasteiger partial charge in [0.2, 0.25) is 15.9 Å². The van der Waals surface area contributed by atoms with Gasteiger partial charge in [0.1, 0.15) is 5.75 Å². The van der Waals surface area contributed by atoms with Gasteiger partial charge in [0, 0.05) is 42.6 Å². The normalized spacial score (nSPS) is 31.7. The number of halogens is 1. The summed E-state index contributed by atoms with van der Waals surface area (Å²) in [5.74, 6) is 0.350. The van der Waals surface area contributed by atoms with E-state index in [0.717, 1.165) is 55.9 Å². The molecule has 0 unspecified atom stereocenters. The molecule has 0 radical (unpaired) electrons. The minimum atomic E-state index is -3.98. The predicted octanol–water partition coefficient (Wildman–Crippen LogP) is 5.64. The number of carbonyl (C=O) groups excluding carboxylic acids is 2. The van der Waals surface area contributed by atoms with Crippen molar-refractivity contribution in [1.29, 1.82) is 0 Å². The molecule has 1 spiro atoms. The molecule has 0 aromatic heterocycles. The van der Waals surface area contributed by atoms with Crippen LogP contribution in [-0.4, -0.2) is 52.2 Å². The molecule has 2 aromatic carbocycles. The number of nitrogens with zero attached hydrogens (tertiary/aromatic N) is 1. The summed E-state index contributed by atoms with van der Waals surface area (Å²) in [7, 11) is -2.36. The van der Waals surface area contributed by atoms with Crippen LogP contribution in [0.4, 0.5) is 5.69 Å². The Kier molecular flexibility index (Phi) is 8.96. The number of hydrogen-bond donors (Lipinski definition) is 2. The van der Waals surface area contributed by atoms with Crippen LogP contribution in [0, 0.1) is 23.7 Å². The first-order chi connectivity index (χ1) is 21.5. The van der Waals surface area contributed by atoms with Crippen molar-refractivity contribution < 1.29 is 22.7 Å². The number of ether oxygens (including phenoxy) is 1. The van der Waals surface area contributed by atoms with Crippen molar-refractivity contribution in [3.05, 3.63) is 70.3 Å². The van der Waals surface area contributed by atoms with Gasteiger partial charge in [-0.3, -0.25) is 9.59 Å². The Bertz CT molecular complexity index is 1610. The summed E-state index contributed by atoms with van der Waals surface area (Å²) in [5, 5.41) is 2.62. The van der Waals surface area contributed by atoms with Crippen molar-refractivity contribution in [1.82, 2.24) is 10.0 Å². The van der Waals surface area contributed by atoms with E-state index in [0.29, 0.717) is 30.6 Å². The average molecular weight is 654 g/mol. The molecule has 242 valence electrons. The third-order valence-corrected chi connectivity index (χ3v) is 12.9. The minimum Gasteiger partial charge on any atom is -0.490 e. The van der Waals surface area contributed by atoms with Crippen LogP contribution in [0.15, 0.2) is 48.6 Å². The highest BCUT2D eigenvalue weighted by atomic mass is 35.5. The van der Waals surface area contributed by atoms with E-state index in [4.69, 9.17) is 16.3 Å². The number of aryl methyl sites for hydroxylation is 1. The molecule has 2 heterocycles. The van der Waals surface area contributed by atoms with Crippen LogP contribution in [0.5, 0.6) is 5.75 Å². The summed E-state index contributed by atoms with van der Waals surface area (Å²) in [6.07, 6.45) is 10.4. The fourth-order valence-corrected chi connectivity index (χ4v) is 9.22. The molecule has 2 aromatic rings. The Morgan fingerprint density at radius 1 is 1.16 bits per heavy atom. The summed E-state index contributed by atoms with van der Waals surface area (Å²) in [6, 6.07) is 11.5. The third-order valence-electron chi connectivity index (χ3n) is 10.8. The van der Waals surface area contributed by atoms with Crippen molar-refractivity contribution in [2.75, 3.05) is 31.6 Å². The van der Waals surface area contributed by atoms with E-state index >= 15 is 0 Å². The molecule has 10 heteroatoms. The van der Waals surface area contributed by atoms with Crippen LogP contribution >= 0.6 is 11.6 Å². The summed E-state index contributed by atoms with van der Waals surface area (Å²) in [6.45, 7) is 5.52. The molecule has 2 bridgehead atoms. The molecule has 1 saturated carbocycles. The van der Waals surface area contributed by atoms with Crippen molar-refractivity contribution in [3.63, 3.8) is 0 Å². The monoisotopic (exact) mass is 653 g/mol. The van der Waals surface area contributed by atoms with Gasteiger partial charge in [-0.15, -0.1) is 0 Å². The molecule has 45 heavy (non-hydrogen) atoms. The van der Waals surface area contributed by atoms with E-state index in [2.05, 4.69) is 39.2 Å². The first-order valence-corrected chi connectivity index (χ1v) is 18.2. The first-order valence-electron chi connectivity index (χ1n) is 16.2. The van der Waals surface area contributed by atoms with Gasteiger partial charge in [0.25, 0.3) is 5.91 Å². The highest BCUT2D eigenvalue weighted by molar-refractivity contribution is 7.90. The lowest BCUT2D eigenvalue weighted by Crippen LogP contribution is -2.48. The molecule has 1 fully saturated rings. The van der Waals surface area contributed by atoms with Gasteiger partial charge in [0.15, 0.2) is 0 Å². The molecular weight excluding hydrogens is 610 g/mol. The van der Waals surface area contributed by atoms with Crippen LogP contribution < -0.4 is 19.7 Å². The zero-order chi connectivity index (χ0) is 31.9. The highest BCUT2D eigenvalue weighted by Gasteiger charge is 2.43. The minimum absolute atomic E-state index is 0.0739. The van der Waals surface area contributed by atoms with E-state index in [9.17, 15) is 18.0 Å². The van der Waals surface area contributed by atoms with Crippen LogP contribution in [0.25, 0.3) is 0 Å². The Morgan fingerprint density at radius 2 is 1.98 bits per heavy atom. The largest absolute Gasteiger partial charge is 0.490 e. The zero-order valence-electron chi connectivity index (χ0n) is 26.4. The second-order valence-corrected chi connectivity index (χ2v) is 16.2. The lowest BCUT2D eigenvalue weighted by Gasteiger charge is -2.44. The van der Waals surface area contributed by atoms with Gasteiger partial charge < -0.3 is 15.0 Å². The van der Waals surface area contributed by atoms with E-state index < -0.39 is 21.2 Å². The molecular formula is C35H44ClN3O5S. The number of rotatable bonds is 2. The predicted molar refractivity (Wildman–Crippen MR) is 177 cm³/mol. The van der Waals surface area contributed by atoms with Crippen LogP contribution in [0.2, 0.25) is 5.02 Å². The van der Waals surface area contributed by atoms with Crippen LogP contribution in [0.3, 0.4) is 0 Å². The molecule has 6 atom stereocenters. The number of benzene rings is 2. The maximum Gasteiger partial charge on any atom is 0.264 e. The SMILES string of the molecule is CNC(=O)C[C@@H]1/C=C\[C@@H]2CC[C@H]2CN2C[C@@]3(CCCc4cc(Cl)ccc43)COc3ccc(cc32)C(=O)NS(=O)(=O)[C@H](C)[C@@H](C)C1. The summed E-state index contributed by atoms with van der Waals surface area (Å²) in [5.41, 5.74) is 3.39. The number of fused-ring (bicyclic) bond motifs is 4. The standard InChI is InChI=1S/C35H44ClN3O5S/c1-22-15-24(16-33(40)37-3)6-7-25-8-9-28(25)19-39-20-35(14-4-5-26-17-29(36)11-12-30(26)35)21-44-32-13-10-27(18-31(32)39)34(41)38-45(42,43)23(22)2/h6-7,10-13,17-18,22-25,28H,4-5,8-9,14-16,19-21H2,1-3H3,(H,37,40)(H,38,41)/b7-6-/t22-,23+,24+,25+,28-,35-/m0/s1. The van der Waals surface area contributed by atoms with Gasteiger partial charge >= 0.3 is 0 Å². The van der Waals surface area contributed by atoms with E-state index in [1.807, 2.05) is 19.1 Å². The lowest BCUT2D eigenvalue weighted by atomic mass is 9.69. The fourth-order valence-electron chi connectivity index (χ4n) is 7.74. The fraction of sp³-hybridized carbons (Fsp3) is 0.543. The van der Waals surface area contributed by atoms with Crippen molar-refractivity contribution in [3.8, 4) is 5.75 Å². The number of nitrogens with one attached hydrogen (secondary N) is 2. The molecule has 2 N–H and O–H groups in total. The summed E-state index contributed by atoms with van der Waals surface area (Å²) < 4.78 is 35.8. The number of amides is 2. The van der Waals surface area contributed by atoms with Gasteiger partial charge in [0.05, 0.1) is 17.5 Å². The molecule has 2 aliphatic carbocycles. The molecule has 6 rings (SSSR count). The highest BCUT2D eigenvalue weighted by Crippen LogP contribution is 2.46. The number of hydrogen-bond acceptors (Lipinski definition) is 6. The second kappa shape index (κ2) is 12.6. The quantitative estimate of drug-likeness (QED) is 0.407. The van der Waals surface area contributed by atoms with Crippen molar-refractivity contribution in [2.24, 2.45) is 23.7 Å².